The Hall–Kier alpha value is -1.32. The molecule has 0 fully saturated rings. The second-order valence-electron chi connectivity index (χ2n) is 4.91. The Balaban J connectivity index is 0.00000242. The third-order valence-corrected chi connectivity index (χ3v) is 3.53. The number of hydrogen-bond donors (Lipinski definition) is 0. The standard InChI is InChI=1S/C18H17O3.Y/c1-13-8-10-15(11-9-13)17(18(20)21-2)16(12-19)14-6-4-3-5-7-14;/h4-12,16-17H,1-2H3;/q-1;+3. The summed E-state index contributed by atoms with van der Waals surface area (Å²) in [5.41, 5.74) is 2.65. The van der Waals surface area contributed by atoms with Gasteiger partial charge in [-0.1, -0.05) is 29.8 Å². The first kappa shape index (κ1) is 18.7. The van der Waals surface area contributed by atoms with Crippen LogP contribution in [0.1, 0.15) is 28.5 Å². The molecular weight excluding hydrogens is 353 g/mol. The summed E-state index contributed by atoms with van der Waals surface area (Å²) in [5.74, 6) is -1.63. The molecule has 2 atom stereocenters. The fourth-order valence-electron chi connectivity index (χ4n) is 2.36. The van der Waals surface area contributed by atoms with Crippen LogP contribution in [0.15, 0.2) is 48.5 Å². The van der Waals surface area contributed by atoms with E-state index < -0.39 is 17.8 Å². The van der Waals surface area contributed by atoms with Crippen molar-refractivity contribution >= 4 is 12.3 Å². The summed E-state index contributed by atoms with van der Waals surface area (Å²) in [6.45, 7) is 1.97. The van der Waals surface area contributed by atoms with Crippen molar-refractivity contribution in [3.63, 3.8) is 0 Å². The van der Waals surface area contributed by atoms with Crippen LogP contribution < -0.4 is 0 Å². The van der Waals surface area contributed by atoms with Gasteiger partial charge in [0.05, 0.1) is 13.0 Å². The number of benzene rings is 2. The van der Waals surface area contributed by atoms with Gasteiger partial charge in [0.15, 0.2) is 0 Å². The summed E-state index contributed by atoms with van der Waals surface area (Å²) in [6, 6.07) is 17.5. The molecule has 0 bridgehead atoms. The summed E-state index contributed by atoms with van der Waals surface area (Å²) in [5, 5.41) is 0. The monoisotopic (exact) mass is 370 g/mol. The summed E-state index contributed by atoms with van der Waals surface area (Å²) in [4.78, 5) is 23.8. The molecule has 0 N–H and O–H groups in total. The predicted octanol–water partition coefficient (Wildman–Crippen LogP) is 3.03. The molecule has 2 unspecified atom stereocenters. The van der Waals surface area contributed by atoms with E-state index in [1.165, 1.54) is 7.11 Å². The Morgan fingerprint density at radius 1 is 1.09 bits per heavy atom. The fraction of sp³-hybridized carbons (Fsp3) is 0.222. The average molecular weight is 370 g/mol. The van der Waals surface area contributed by atoms with Crippen LogP contribution in [0.4, 0.5) is 0 Å². The molecule has 3 nitrogen and oxygen atoms in total. The Bertz CT molecular complexity index is 608. The van der Waals surface area contributed by atoms with Crippen LogP contribution >= 0.6 is 0 Å². The van der Waals surface area contributed by atoms with E-state index in [1.54, 1.807) is 24.3 Å². The van der Waals surface area contributed by atoms with E-state index in [9.17, 15) is 9.59 Å². The Morgan fingerprint density at radius 3 is 2.18 bits per heavy atom. The van der Waals surface area contributed by atoms with Crippen LogP contribution in [-0.4, -0.2) is 19.4 Å². The van der Waals surface area contributed by atoms with Gasteiger partial charge in [0.25, 0.3) is 0 Å². The SMILES string of the molecule is COC(=O)C(c1ccc(C)cc1)C(C=O)c1cc[c-]cc1.[Y+3]. The van der Waals surface area contributed by atoms with Gasteiger partial charge in [0.1, 0.15) is 6.29 Å². The first-order valence-electron chi connectivity index (χ1n) is 6.73. The van der Waals surface area contributed by atoms with Crippen LogP contribution in [0.2, 0.25) is 0 Å². The Kier molecular flexibility index (Phi) is 7.63. The number of aldehydes is 1. The third-order valence-electron chi connectivity index (χ3n) is 3.53. The maximum Gasteiger partial charge on any atom is 3.00 e. The van der Waals surface area contributed by atoms with Crippen molar-refractivity contribution in [1.82, 2.24) is 0 Å². The Morgan fingerprint density at radius 2 is 1.68 bits per heavy atom. The molecule has 0 spiro atoms. The maximum absolute atomic E-state index is 12.2. The van der Waals surface area contributed by atoms with Crippen molar-refractivity contribution < 1.29 is 47.0 Å². The van der Waals surface area contributed by atoms with Gasteiger partial charge >= 0.3 is 38.7 Å². The van der Waals surface area contributed by atoms with Gasteiger partial charge in [0, 0.05) is 5.92 Å². The van der Waals surface area contributed by atoms with Crippen LogP contribution in [0.5, 0.6) is 0 Å². The smallest absolute Gasteiger partial charge is 0.469 e. The fourth-order valence-corrected chi connectivity index (χ4v) is 2.36. The molecule has 0 saturated heterocycles. The predicted molar refractivity (Wildman–Crippen MR) is 80.0 cm³/mol. The summed E-state index contributed by atoms with van der Waals surface area (Å²) in [7, 11) is 1.34. The molecule has 0 aromatic heterocycles. The second kappa shape index (κ2) is 8.97. The first-order chi connectivity index (χ1) is 10.2. The average Bonchev–Trinajstić information content (AvgIpc) is 2.54. The van der Waals surface area contributed by atoms with E-state index >= 15 is 0 Å². The van der Waals surface area contributed by atoms with Crippen molar-refractivity contribution in [2.45, 2.75) is 18.8 Å². The van der Waals surface area contributed by atoms with Crippen molar-refractivity contribution in [1.29, 1.82) is 0 Å². The molecule has 2 rings (SSSR count). The molecule has 0 radical (unpaired) electrons. The Labute approximate surface area is 155 Å². The zero-order valence-corrected chi connectivity index (χ0v) is 15.5. The van der Waals surface area contributed by atoms with Gasteiger partial charge in [-0.25, -0.2) is 0 Å². The number of ether oxygens (including phenoxy) is 1. The van der Waals surface area contributed by atoms with Gasteiger partial charge in [0.2, 0.25) is 0 Å². The molecule has 0 amide bonds. The molecule has 0 heterocycles. The van der Waals surface area contributed by atoms with Crippen LogP contribution in [0.25, 0.3) is 0 Å². The van der Waals surface area contributed by atoms with E-state index in [4.69, 9.17) is 4.74 Å². The molecule has 108 valence electrons. The molecule has 22 heavy (non-hydrogen) atoms. The van der Waals surface area contributed by atoms with Crippen LogP contribution in [-0.2, 0) is 47.0 Å². The maximum atomic E-state index is 12.2. The van der Waals surface area contributed by atoms with E-state index in [-0.39, 0.29) is 32.7 Å². The zero-order chi connectivity index (χ0) is 15.2. The minimum absolute atomic E-state index is 0. The van der Waals surface area contributed by atoms with Crippen LogP contribution in [0.3, 0.4) is 0 Å². The number of esters is 1. The molecule has 0 aliphatic carbocycles. The van der Waals surface area contributed by atoms with E-state index in [0.717, 1.165) is 23.0 Å². The number of rotatable bonds is 5. The number of carbonyl (C=O) groups excluding carboxylic acids is 2. The number of methoxy groups -OCH3 is 1. The third kappa shape index (κ3) is 4.34. The van der Waals surface area contributed by atoms with Crippen molar-refractivity contribution in [2.75, 3.05) is 7.11 Å². The van der Waals surface area contributed by atoms with Crippen LogP contribution in [0, 0.1) is 13.0 Å². The molecule has 2 aromatic carbocycles. The van der Waals surface area contributed by atoms with Crippen molar-refractivity contribution in [3.8, 4) is 0 Å². The van der Waals surface area contributed by atoms with Gasteiger partial charge < -0.3 is 9.53 Å². The summed E-state index contributed by atoms with van der Waals surface area (Å²) >= 11 is 0. The van der Waals surface area contributed by atoms with Gasteiger partial charge in [-0.15, -0.1) is 5.56 Å². The summed E-state index contributed by atoms with van der Waals surface area (Å²) in [6.07, 6.45) is 0.802. The summed E-state index contributed by atoms with van der Waals surface area (Å²) < 4.78 is 4.90. The molecule has 2 aromatic rings. The molecule has 0 aliphatic heterocycles. The number of aryl methyl sites for hydroxylation is 1. The topological polar surface area (TPSA) is 43.4 Å². The number of hydrogen-bond acceptors (Lipinski definition) is 3. The van der Waals surface area contributed by atoms with Crippen molar-refractivity contribution in [3.05, 3.63) is 71.3 Å². The van der Waals surface area contributed by atoms with E-state index in [2.05, 4.69) is 6.07 Å². The van der Waals surface area contributed by atoms with Gasteiger partial charge in [-0.2, -0.15) is 30.3 Å². The van der Waals surface area contributed by atoms with E-state index in [0.29, 0.717) is 0 Å². The molecule has 4 heteroatoms. The molecule has 0 saturated carbocycles. The van der Waals surface area contributed by atoms with Gasteiger partial charge in [-0.05, 0) is 12.5 Å². The van der Waals surface area contributed by atoms with Crippen molar-refractivity contribution in [2.24, 2.45) is 0 Å². The number of carbonyl (C=O) groups is 2. The normalized spacial score (nSPS) is 12.6. The largest absolute Gasteiger partial charge is 3.00 e. The van der Waals surface area contributed by atoms with E-state index in [1.807, 2.05) is 31.2 Å². The minimum Gasteiger partial charge on any atom is -0.469 e. The minimum atomic E-state index is -0.643. The molecular formula is C18H17O3Y+2. The quantitative estimate of drug-likeness (QED) is 0.462. The zero-order valence-electron chi connectivity index (χ0n) is 12.7. The van der Waals surface area contributed by atoms with Gasteiger partial charge in [-0.3, -0.25) is 4.79 Å². The second-order valence-corrected chi connectivity index (χ2v) is 4.91. The molecule has 0 aliphatic rings. The first-order valence-corrected chi connectivity index (χ1v) is 6.73.